The van der Waals surface area contributed by atoms with Gasteiger partial charge in [-0.25, -0.2) is 0 Å². The van der Waals surface area contributed by atoms with Crippen LogP contribution in [0.3, 0.4) is 0 Å². The van der Waals surface area contributed by atoms with Crippen LogP contribution in [0.2, 0.25) is 0 Å². The Hall–Kier alpha value is -0.300. The second-order valence-electron chi connectivity index (χ2n) is 4.59. The van der Waals surface area contributed by atoms with E-state index in [-0.39, 0.29) is 0 Å². The fourth-order valence-corrected chi connectivity index (χ4v) is 3.80. The lowest BCUT2D eigenvalue weighted by molar-refractivity contribution is 0.283. The number of thiophene rings is 1. The Labute approximate surface area is 91.4 Å². The normalized spacial score (nSPS) is 21.0. The molecule has 1 aliphatic rings. The molecule has 0 aromatic carbocycles. The predicted octanol–water partition coefficient (Wildman–Crippen LogP) is 4.67. The molecule has 0 atom stereocenters. The van der Waals surface area contributed by atoms with E-state index in [1.165, 1.54) is 38.5 Å². The van der Waals surface area contributed by atoms with E-state index in [2.05, 4.69) is 25.3 Å². The van der Waals surface area contributed by atoms with Crippen molar-refractivity contribution >= 4 is 11.3 Å². The highest BCUT2D eigenvalue weighted by atomic mass is 32.1. The van der Waals surface area contributed by atoms with Gasteiger partial charge in [0.1, 0.15) is 0 Å². The summed E-state index contributed by atoms with van der Waals surface area (Å²) in [6.45, 7) is 4.65. The monoisotopic (exact) mass is 208 g/mol. The van der Waals surface area contributed by atoms with Gasteiger partial charge < -0.3 is 0 Å². The maximum atomic E-state index is 2.37. The first-order chi connectivity index (χ1) is 6.78. The molecule has 0 radical (unpaired) electrons. The van der Waals surface area contributed by atoms with Gasteiger partial charge in [-0.05, 0) is 48.6 Å². The molecule has 0 saturated heterocycles. The summed E-state index contributed by atoms with van der Waals surface area (Å²) in [5, 5.41) is 2.26. The quantitative estimate of drug-likeness (QED) is 0.662. The minimum absolute atomic E-state index is 0.544. The van der Waals surface area contributed by atoms with Crippen LogP contribution in [0.1, 0.15) is 55.9 Å². The van der Waals surface area contributed by atoms with Crippen LogP contribution in [0.15, 0.2) is 11.4 Å². The minimum Gasteiger partial charge on any atom is -0.149 e. The summed E-state index contributed by atoms with van der Waals surface area (Å²) in [5.74, 6) is 0. The summed E-state index contributed by atoms with van der Waals surface area (Å²) in [4.78, 5) is 1.55. The molecule has 0 N–H and O–H groups in total. The van der Waals surface area contributed by atoms with Crippen LogP contribution in [-0.4, -0.2) is 0 Å². The van der Waals surface area contributed by atoms with Crippen molar-refractivity contribution in [3.05, 3.63) is 21.9 Å². The smallest absolute Gasteiger partial charge is 0.00518 e. The highest BCUT2D eigenvalue weighted by molar-refractivity contribution is 7.10. The first kappa shape index (κ1) is 10.2. The zero-order chi connectivity index (χ0) is 10.0. The number of hydrogen-bond donors (Lipinski definition) is 0. The molecule has 0 unspecified atom stereocenters. The molecule has 0 aliphatic heterocycles. The molecule has 1 heterocycles. The Morgan fingerprint density at radius 3 is 2.50 bits per heavy atom. The van der Waals surface area contributed by atoms with Gasteiger partial charge in [-0.15, -0.1) is 11.3 Å². The molecule has 0 spiro atoms. The molecule has 1 aliphatic carbocycles. The van der Waals surface area contributed by atoms with E-state index in [0.717, 1.165) is 0 Å². The number of aryl methyl sites for hydroxylation is 1. The maximum Gasteiger partial charge on any atom is 0.00518 e. The highest BCUT2D eigenvalue weighted by Crippen LogP contribution is 2.44. The summed E-state index contributed by atoms with van der Waals surface area (Å²) in [6, 6.07) is 2.37. The van der Waals surface area contributed by atoms with E-state index in [0.29, 0.717) is 5.41 Å². The Bertz CT molecular complexity index is 292. The summed E-state index contributed by atoms with van der Waals surface area (Å²) >= 11 is 1.91. The first-order valence-electron chi connectivity index (χ1n) is 5.83. The van der Waals surface area contributed by atoms with Crippen LogP contribution < -0.4 is 0 Å². The van der Waals surface area contributed by atoms with E-state index >= 15 is 0 Å². The van der Waals surface area contributed by atoms with Gasteiger partial charge in [0.05, 0.1) is 0 Å². The lowest BCUT2D eigenvalue weighted by atomic mass is 9.68. The molecule has 0 bridgehead atoms. The van der Waals surface area contributed by atoms with Gasteiger partial charge in [0.2, 0.25) is 0 Å². The van der Waals surface area contributed by atoms with Crippen molar-refractivity contribution < 1.29 is 0 Å². The standard InChI is InChI=1S/C13H20S/c1-3-13(8-5-4-6-9-13)12-7-10-14-11(12)2/h7,10H,3-6,8-9H2,1-2H3. The lowest BCUT2D eigenvalue weighted by Crippen LogP contribution is -2.28. The van der Waals surface area contributed by atoms with Gasteiger partial charge in [-0.2, -0.15) is 0 Å². The maximum absolute atomic E-state index is 2.37. The van der Waals surface area contributed by atoms with Gasteiger partial charge in [-0.1, -0.05) is 26.2 Å². The topological polar surface area (TPSA) is 0 Å². The zero-order valence-electron chi connectivity index (χ0n) is 9.31. The van der Waals surface area contributed by atoms with Gasteiger partial charge in [0, 0.05) is 4.88 Å². The molecule has 2 rings (SSSR count). The molecule has 1 heteroatoms. The second-order valence-corrected chi connectivity index (χ2v) is 5.71. The van der Waals surface area contributed by atoms with Crippen molar-refractivity contribution in [2.24, 2.45) is 0 Å². The van der Waals surface area contributed by atoms with Crippen molar-refractivity contribution in [2.45, 2.75) is 57.8 Å². The third-order valence-corrected chi connectivity index (χ3v) is 4.76. The van der Waals surface area contributed by atoms with Crippen molar-refractivity contribution in [1.82, 2.24) is 0 Å². The van der Waals surface area contributed by atoms with Gasteiger partial charge >= 0.3 is 0 Å². The third kappa shape index (κ3) is 1.63. The van der Waals surface area contributed by atoms with Crippen molar-refractivity contribution in [2.75, 3.05) is 0 Å². The second kappa shape index (κ2) is 4.06. The van der Waals surface area contributed by atoms with Gasteiger partial charge in [-0.3, -0.25) is 0 Å². The number of hydrogen-bond acceptors (Lipinski definition) is 1. The Balaban J connectivity index is 2.31. The highest BCUT2D eigenvalue weighted by Gasteiger charge is 2.33. The molecule has 0 amide bonds. The van der Waals surface area contributed by atoms with Gasteiger partial charge in [0.15, 0.2) is 0 Å². The Morgan fingerprint density at radius 2 is 2.00 bits per heavy atom. The predicted molar refractivity (Wildman–Crippen MR) is 64.1 cm³/mol. The van der Waals surface area contributed by atoms with Crippen LogP contribution >= 0.6 is 11.3 Å². The molecule has 1 aromatic heterocycles. The lowest BCUT2D eigenvalue weighted by Gasteiger charge is -2.37. The SMILES string of the molecule is CCC1(c2ccsc2C)CCCCC1. The average molecular weight is 208 g/mol. The van der Waals surface area contributed by atoms with Crippen LogP contribution in [-0.2, 0) is 5.41 Å². The largest absolute Gasteiger partial charge is 0.149 e. The Kier molecular flexibility index (Phi) is 2.96. The van der Waals surface area contributed by atoms with Crippen LogP contribution in [0, 0.1) is 6.92 Å². The Morgan fingerprint density at radius 1 is 1.29 bits per heavy atom. The average Bonchev–Trinajstić information content (AvgIpc) is 2.66. The molecule has 1 fully saturated rings. The molecule has 78 valence electrons. The minimum atomic E-state index is 0.544. The van der Waals surface area contributed by atoms with Crippen LogP contribution in [0.5, 0.6) is 0 Å². The summed E-state index contributed by atoms with van der Waals surface area (Å²) in [6.07, 6.45) is 8.48. The zero-order valence-corrected chi connectivity index (χ0v) is 10.1. The van der Waals surface area contributed by atoms with Crippen molar-refractivity contribution in [3.63, 3.8) is 0 Å². The van der Waals surface area contributed by atoms with Gasteiger partial charge in [0.25, 0.3) is 0 Å². The molecule has 14 heavy (non-hydrogen) atoms. The summed E-state index contributed by atoms with van der Waals surface area (Å²) in [5.41, 5.74) is 2.20. The third-order valence-electron chi connectivity index (χ3n) is 3.92. The van der Waals surface area contributed by atoms with E-state index in [1.807, 2.05) is 11.3 Å². The molecule has 0 nitrogen and oxygen atoms in total. The summed E-state index contributed by atoms with van der Waals surface area (Å²) < 4.78 is 0. The van der Waals surface area contributed by atoms with Crippen LogP contribution in [0.4, 0.5) is 0 Å². The van der Waals surface area contributed by atoms with Crippen LogP contribution in [0.25, 0.3) is 0 Å². The van der Waals surface area contributed by atoms with E-state index < -0.39 is 0 Å². The summed E-state index contributed by atoms with van der Waals surface area (Å²) in [7, 11) is 0. The van der Waals surface area contributed by atoms with E-state index in [9.17, 15) is 0 Å². The first-order valence-corrected chi connectivity index (χ1v) is 6.71. The fraction of sp³-hybridized carbons (Fsp3) is 0.692. The van der Waals surface area contributed by atoms with Crippen molar-refractivity contribution in [3.8, 4) is 0 Å². The number of rotatable bonds is 2. The van der Waals surface area contributed by atoms with E-state index in [4.69, 9.17) is 0 Å². The molecular formula is C13H20S. The fourth-order valence-electron chi connectivity index (χ4n) is 2.98. The molecule has 1 aromatic rings. The molecule has 1 saturated carbocycles. The molecular weight excluding hydrogens is 188 g/mol. The van der Waals surface area contributed by atoms with E-state index in [1.54, 1.807) is 10.4 Å². The van der Waals surface area contributed by atoms with Crippen molar-refractivity contribution in [1.29, 1.82) is 0 Å².